The maximum atomic E-state index is 8.56. The summed E-state index contributed by atoms with van der Waals surface area (Å²) >= 11 is 0. The Balaban J connectivity index is -0.0000000113. The molecule has 120 heavy (non-hydrogen) atoms. The molecule has 0 aromatic rings. The fourth-order valence-corrected chi connectivity index (χ4v) is 0. The minimum atomic E-state index is -2.33. The van der Waals surface area contributed by atoms with Crippen molar-refractivity contribution in [2.75, 3.05) is 0 Å². The molecule has 0 atom stereocenters. The second-order valence-electron chi connectivity index (χ2n) is 6.41. The molecule has 0 aliphatic rings. The molecule has 10 N–H and O–H groups in total. The van der Waals surface area contributed by atoms with Crippen LogP contribution >= 0.6 is 0 Å². The Morgan fingerprint density at radius 2 is 0.0833 bits per heavy atom. The molecule has 600 valence electrons. The number of carboxylic acid groups (broad SMARTS) is 50. The van der Waals surface area contributed by atoms with Crippen LogP contribution < -0.4 is 204 Å². The van der Waals surface area contributed by atoms with Gasteiger partial charge in [-0.15, -0.1) is 0 Å². The predicted molar refractivity (Wildman–Crippen MR) is 276 cm³/mol. The normalized spacial score (nSPS) is 5.00. The number of rotatable bonds is 0. The van der Waals surface area contributed by atoms with E-state index in [2.05, 4.69) is 0 Å². The first-order valence-corrected chi connectivity index (χ1v) is 15.5. The van der Waals surface area contributed by atoms with Crippen molar-refractivity contribution < 1.29 is 375 Å². The van der Waals surface area contributed by atoms with E-state index in [1.807, 2.05) is 0 Å². The van der Waals surface area contributed by atoms with Gasteiger partial charge in [0.15, 0.2) is 0 Å². The van der Waals surface area contributed by atoms with Crippen molar-refractivity contribution >= 4 is 909 Å². The summed E-state index contributed by atoms with van der Waals surface area (Å²) in [5, 5.41) is 403. The van der Waals surface area contributed by atoms with E-state index in [-0.39, 0.29) is 755 Å². The van der Waals surface area contributed by atoms with Gasteiger partial charge in [-0.1, -0.05) is 0 Å². The van der Waals surface area contributed by atoms with E-state index in [1.165, 1.54) is 0 Å². The first kappa shape index (κ1) is 300. The number of carbonyl (C=O) groups is 25. The summed E-state index contributed by atoms with van der Waals surface area (Å²) in [6.45, 7) is 0. The smallest absolute Gasteiger partial charge is 0.652 e. The van der Waals surface area contributed by atoms with Gasteiger partial charge in [0.2, 0.25) is 0 Å². The quantitative estimate of drug-likeness (QED) is 0.101. The summed E-state index contributed by atoms with van der Waals surface area (Å²) in [5.41, 5.74) is 0. The van der Waals surface area contributed by atoms with Crippen LogP contribution in [0.25, 0.3) is 0 Å². The zero-order valence-electron chi connectivity index (χ0n) is 57.7. The molecule has 0 aromatic carbocycles. The molecule has 0 bridgehead atoms. The molecule has 95 heteroatoms. The first-order valence-electron chi connectivity index (χ1n) is 15.5. The summed E-state index contributed by atoms with van der Waals surface area (Å²) in [6.07, 6.45) is -55.8. The van der Waals surface area contributed by atoms with Gasteiger partial charge in [-0.25, -0.2) is 24.0 Å². The largest absolute Gasteiger partial charge is 2.00 e. The standard InChI is InChI=1S/25CH2O3.20Ca/c25*2-1(3)4;;;;;;;;;;;;;;;;;;;;/h25*(H2,2,3,4);;;;;;;;;;;;;;;;;;;;/q;;;;;;;;;;;;;;;;;;;;;;;;;20*+2/p-40. The van der Waals surface area contributed by atoms with Crippen LogP contribution in [0.4, 0.5) is 120 Å². The zero-order valence-corrected chi connectivity index (χ0v) is 102. The van der Waals surface area contributed by atoms with Crippen molar-refractivity contribution in [3.05, 3.63) is 0 Å². The van der Waals surface area contributed by atoms with Gasteiger partial charge in [-0.3, -0.25) is 0 Å². The third kappa shape index (κ3) is 39800. The average Bonchev–Trinajstić information content (AvgIpc) is 3.15. The molecule has 0 aromatic heterocycles. The maximum Gasteiger partial charge on any atom is 2.00 e. The zero-order chi connectivity index (χ0) is 89.4. The molecule has 0 saturated carbocycles. The van der Waals surface area contributed by atoms with E-state index < -0.39 is 154 Å². The van der Waals surface area contributed by atoms with E-state index in [0.717, 1.165) is 0 Å². The topological polar surface area (TPSA) is 1550 Å². The molecule has 0 aliphatic carbocycles. The van der Waals surface area contributed by atoms with E-state index in [0.29, 0.717) is 0 Å². The van der Waals surface area contributed by atoms with Gasteiger partial charge in [-0.2, -0.15) is 0 Å². The van der Waals surface area contributed by atoms with Gasteiger partial charge in [0.05, 0.1) is 0 Å². The summed E-state index contributed by atoms with van der Waals surface area (Å²) < 4.78 is 0. The fraction of sp³-hybridized carbons (Fsp3) is 0. The summed E-state index contributed by atoms with van der Waals surface area (Å²) in [7, 11) is 0. The predicted octanol–water partition coefficient (Wildman–Crippen LogP) is -55.4. The Kier molecular flexibility index (Phi) is 732. The van der Waals surface area contributed by atoms with Gasteiger partial charge in [0.1, 0.15) is 0 Å². The maximum absolute atomic E-state index is 8.56. The van der Waals surface area contributed by atoms with Crippen molar-refractivity contribution in [3.63, 3.8) is 0 Å². The van der Waals surface area contributed by atoms with Crippen LogP contribution in [0, 0.1) is 0 Å². The molecule has 0 heterocycles. The van der Waals surface area contributed by atoms with Gasteiger partial charge >= 0.3 is 786 Å². The van der Waals surface area contributed by atoms with Gasteiger partial charge in [-0.05, 0) is 123 Å². The minimum absolute atomic E-state index is 0. The van der Waals surface area contributed by atoms with Crippen LogP contribution in [0.2, 0.25) is 0 Å². The molecule has 0 spiro atoms. The summed E-state index contributed by atoms with van der Waals surface area (Å²) in [6, 6.07) is 0. The van der Waals surface area contributed by atoms with Crippen molar-refractivity contribution in [2.24, 2.45) is 0 Å². The van der Waals surface area contributed by atoms with Crippen LogP contribution in [0.3, 0.4) is 0 Å². The minimum Gasteiger partial charge on any atom is -0.652 e. The van der Waals surface area contributed by atoms with E-state index >= 15 is 0 Å². The van der Waals surface area contributed by atoms with Crippen LogP contribution in [0.15, 0.2) is 0 Å². The van der Waals surface area contributed by atoms with Crippen molar-refractivity contribution in [1.82, 2.24) is 0 Å². The Hall–Kier alpha value is 6.94. The van der Waals surface area contributed by atoms with Gasteiger partial charge in [0.25, 0.3) is 0 Å². The Labute approximate surface area is 1250 Å². The molecule has 0 unspecified atom stereocenters. The average molecular weight is 2310 g/mol. The Bertz CT molecular complexity index is 1430. The Morgan fingerprint density at radius 1 is 0.0833 bits per heavy atom. The third-order valence-corrected chi connectivity index (χ3v) is 0. The van der Waals surface area contributed by atoms with Crippen LogP contribution in [-0.4, -0.2) is 960 Å². The molecular formula is C25H10Ca20O75. The van der Waals surface area contributed by atoms with Crippen molar-refractivity contribution in [2.45, 2.75) is 0 Å². The fourth-order valence-electron chi connectivity index (χ4n) is 0. The molecule has 0 amide bonds. The monoisotopic (exact) mass is 2310 g/mol. The second-order valence-corrected chi connectivity index (χ2v) is 6.41. The van der Waals surface area contributed by atoms with Gasteiger partial charge < -0.3 is 351 Å². The molecule has 0 radical (unpaired) electrons. The van der Waals surface area contributed by atoms with Crippen molar-refractivity contribution in [1.29, 1.82) is 0 Å². The number of hydrogen-bond acceptors (Lipinski definition) is 65. The number of hydrogen-bond donors (Lipinski definition) is 10. The van der Waals surface area contributed by atoms with Gasteiger partial charge in [0, 0.05) is 0 Å². The Morgan fingerprint density at radius 3 is 0.0833 bits per heavy atom. The number of carbonyl (C=O) groups excluding carboxylic acids is 20. The molecule has 0 fully saturated rings. The third-order valence-electron chi connectivity index (χ3n) is 0. The molecular weight excluding hydrogens is 2300 g/mol. The van der Waals surface area contributed by atoms with E-state index in [1.54, 1.807) is 0 Å². The first-order chi connectivity index (χ1) is 43.3. The van der Waals surface area contributed by atoms with Crippen LogP contribution in [0.1, 0.15) is 0 Å². The van der Waals surface area contributed by atoms with Crippen molar-refractivity contribution in [3.8, 4) is 0 Å². The molecule has 75 nitrogen and oxygen atoms in total. The van der Waals surface area contributed by atoms with Crippen LogP contribution in [-0.2, 0) is 0 Å². The summed E-state index contributed by atoms with van der Waals surface area (Å²) in [4.78, 5) is 209. The SMILES string of the molecule is O=C(O)O.O=C(O)O.O=C(O)O.O=C(O)O.O=C(O)O.O=C([O-])[O-].O=C([O-])[O-].O=C([O-])[O-].O=C([O-])[O-].O=C([O-])[O-].O=C([O-])[O-].O=C([O-])[O-].O=C([O-])[O-].O=C([O-])[O-].O=C([O-])[O-].O=C([O-])[O-].O=C([O-])[O-].O=C([O-])[O-].O=C([O-])[O-].O=C([O-])[O-].O=C([O-])[O-].O=C([O-])[O-].O=C([O-])[O-].O=C([O-])[O-].O=C([O-])[O-].[Ca+2].[Ca+2].[Ca+2].[Ca+2].[Ca+2].[Ca+2].[Ca+2].[Ca+2].[Ca+2].[Ca+2].[Ca+2].[Ca+2].[Ca+2].[Ca+2].[Ca+2].[Ca+2].[Ca+2].[Ca+2].[Ca+2].[Ca+2]. The van der Waals surface area contributed by atoms with E-state index in [4.69, 9.17) is 375 Å². The molecule has 0 saturated heterocycles. The van der Waals surface area contributed by atoms with E-state index in [9.17, 15) is 0 Å². The molecule has 0 aliphatic heterocycles. The van der Waals surface area contributed by atoms with Crippen LogP contribution in [0.5, 0.6) is 0 Å². The summed E-state index contributed by atoms with van der Waals surface area (Å²) in [5.74, 6) is 0. The molecule has 0 rings (SSSR count). The second kappa shape index (κ2) is 293.